The van der Waals surface area contributed by atoms with Crippen molar-refractivity contribution in [1.82, 2.24) is 15.0 Å². The van der Waals surface area contributed by atoms with Crippen LogP contribution in [-0.2, 0) is 4.74 Å². The van der Waals surface area contributed by atoms with E-state index < -0.39 is 0 Å². The number of aliphatic hydroxyl groups is 1. The molecule has 0 radical (unpaired) electrons. The molecule has 140 valence electrons. The second kappa shape index (κ2) is 8.91. The van der Waals surface area contributed by atoms with Crippen molar-refractivity contribution in [1.29, 1.82) is 0 Å². The van der Waals surface area contributed by atoms with E-state index in [1.54, 1.807) is 12.4 Å². The molecule has 1 fully saturated rings. The molecular formula is C19H27N5O2. The van der Waals surface area contributed by atoms with Gasteiger partial charge in [0.05, 0.1) is 24.4 Å². The largest absolute Gasteiger partial charge is 0.394 e. The van der Waals surface area contributed by atoms with Crippen molar-refractivity contribution < 1.29 is 9.84 Å². The zero-order chi connectivity index (χ0) is 18.4. The molecule has 26 heavy (non-hydrogen) atoms. The molecule has 0 unspecified atom stereocenters. The van der Waals surface area contributed by atoms with Crippen LogP contribution in [0.3, 0.4) is 0 Å². The van der Waals surface area contributed by atoms with Crippen molar-refractivity contribution in [2.45, 2.75) is 38.8 Å². The quantitative estimate of drug-likeness (QED) is 0.668. The molecule has 7 heteroatoms. The SMILES string of the molecule is CC(C)[C@@H](CO)Nc1nc(NC[C@@H]2CCCO2)cc(-c2ccncc2)n1. The van der Waals surface area contributed by atoms with Crippen molar-refractivity contribution in [3.8, 4) is 11.3 Å². The van der Waals surface area contributed by atoms with Gasteiger partial charge in [0.15, 0.2) is 0 Å². The highest BCUT2D eigenvalue weighted by molar-refractivity contribution is 5.64. The Hall–Kier alpha value is -2.25. The summed E-state index contributed by atoms with van der Waals surface area (Å²) < 4.78 is 5.67. The summed E-state index contributed by atoms with van der Waals surface area (Å²) in [5, 5.41) is 16.2. The Morgan fingerprint density at radius 2 is 2.08 bits per heavy atom. The summed E-state index contributed by atoms with van der Waals surface area (Å²) in [5.41, 5.74) is 1.77. The van der Waals surface area contributed by atoms with Crippen LogP contribution in [0.4, 0.5) is 11.8 Å². The smallest absolute Gasteiger partial charge is 0.225 e. The van der Waals surface area contributed by atoms with E-state index >= 15 is 0 Å². The summed E-state index contributed by atoms with van der Waals surface area (Å²) >= 11 is 0. The summed E-state index contributed by atoms with van der Waals surface area (Å²) in [5.74, 6) is 1.50. The Morgan fingerprint density at radius 3 is 2.73 bits per heavy atom. The number of ether oxygens (including phenoxy) is 1. The van der Waals surface area contributed by atoms with E-state index in [0.717, 1.165) is 43.1 Å². The van der Waals surface area contributed by atoms with Crippen LogP contribution in [0.5, 0.6) is 0 Å². The Bertz CT molecular complexity index is 690. The van der Waals surface area contributed by atoms with Gasteiger partial charge < -0.3 is 20.5 Å². The van der Waals surface area contributed by atoms with Gasteiger partial charge >= 0.3 is 0 Å². The normalized spacial score (nSPS) is 18.1. The summed E-state index contributed by atoms with van der Waals surface area (Å²) in [4.78, 5) is 13.3. The van der Waals surface area contributed by atoms with Gasteiger partial charge in [-0.05, 0) is 30.9 Å². The highest BCUT2D eigenvalue weighted by atomic mass is 16.5. The van der Waals surface area contributed by atoms with Crippen LogP contribution in [0.25, 0.3) is 11.3 Å². The van der Waals surface area contributed by atoms with E-state index in [9.17, 15) is 5.11 Å². The molecule has 0 amide bonds. The van der Waals surface area contributed by atoms with Crippen molar-refractivity contribution in [3.05, 3.63) is 30.6 Å². The van der Waals surface area contributed by atoms with Gasteiger partial charge in [-0.1, -0.05) is 13.8 Å². The molecule has 7 nitrogen and oxygen atoms in total. The molecule has 3 rings (SSSR count). The third-order valence-corrected chi connectivity index (χ3v) is 4.55. The van der Waals surface area contributed by atoms with Crippen molar-refractivity contribution in [2.75, 3.05) is 30.4 Å². The number of aromatic nitrogens is 3. The van der Waals surface area contributed by atoms with E-state index in [1.165, 1.54) is 0 Å². The highest BCUT2D eigenvalue weighted by Crippen LogP contribution is 2.22. The van der Waals surface area contributed by atoms with Crippen LogP contribution in [0, 0.1) is 5.92 Å². The molecule has 1 aliphatic rings. The molecule has 2 aromatic rings. The van der Waals surface area contributed by atoms with Crippen molar-refractivity contribution in [2.24, 2.45) is 5.92 Å². The van der Waals surface area contributed by atoms with Crippen molar-refractivity contribution >= 4 is 11.8 Å². The fourth-order valence-electron chi connectivity index (χ4n) is 2.89. The number of hydrogen-bond acceptors (Lipinski definition) is 7. The van der Waals surface area contributed by atoms with Crippen molar-refractivity contribution in [3.63, 3.8) is 0 Å². The third kappa shape index (κ3) is 4.89. The molecule has 1 aliphatic heterocycles. The van der Waals surface area contributed by atoms with Crippen LogP contribution >= 0.6 is 0 Å². The molecule has 3 heterocycles. The van der Waals surface area contributed by atoms with Gasteiger partial charge in [0.1, 0.15) is 5.82 Å². The number of rotatable bonds is 8. The fraction of sp³-hybridized carbons (Fsp3) is 0.526. The second-order valence-corrected chi connectivity index (χ2v) is 6.89. The van der Waals surface area contributed by atoms with E-state index in [2.05, 4.69) is 39.4 Å². The summed E-state index contributed by atoms with van der Waals surface area (Å²) in [6.07, 6.45) is 5.90. The molecule has 0 aromatic carbocycles. The molecule has 0 aliphatic carbocycles. The monoisotopic (exact) mass is 357 g/mol. The Kier molecular flexibility index (Phi) is 6.35. The van der Waals surface area contributed by atoms with E-state index in [1.807, 2.05) is 18.2 Å². The van der Waals surface area contributed by atoms with E-state index in [4.69, 9.17) is 4.74 Å². The van der Waals surface area contributed by atoms with Crippen LogP contribution in [-0.4, -0.2) is 52.0 Å². The second-order valence-electron chi connectivity index (χ2n) is 6.89. The molecule has 1 saturated heterocycles. The lowest BCUT2D eigenvalue weighted by atomic mass is 10.1. The maximum atomic E-state index is 9.60. The van der Waals surface area contributed by atoms with Crippen LogP contribution in [0.15, 0.2) is 30.6 Å². The molecule has 0 spiro atoms. The number of nitrogens with one attached hydrogen (secondary N) is 2. The molecule has 2 atom stereocenters. The van der Waals surface area contributed by atoms with E-state index in [0.29, 0.717) is 5.95 Å². The molecular weight excluding hydrogens is 330 g/mol. The number of pyridine rings is 1. The van der Waals surface area contributed by atoms with Gasteiger partial charge in [0.2, 0.25) is 5.95 Å². The average Bonchev–Trinajstić information content (AvgIpc) is 3.18. The topological polar surface area (TPSA) is 92.2 Å². The number of aliphatic hydroxyl groups excluding tert-OH is 1. The maximum absolute atomic E-state index is 9.60. The van der Waals surface area contributed by atoms with Gasteiger partial charge in [-0.15, -0.1) is 0 Å². The van der Waals surface area contributed by atoms with Crippen LogP contribution < -0.4 is 10.6 Å². The van der Waals surface area contributed by atoms with Gasteiger partial charge in [0.25, 0.3) is 0 Å². The minimum absolute atomic E-state index is 0.0270. The van der Waals surface area contributed by atoms with Gasteiger partial charge in [0, 0.05) is 37.2 Å². The van der Waals surface area contributed by atoms with Crippen LogP contribution in [0.1, 0.15) is 26.7 Å². The minimum atomic E-state index is -0.103. The fourth-order valence-corrected chi connectivity index (χ4v) is 2.89. The zero-order valence-corrected chi connectivity index (χ0v) is 15.4. The third-order valence-electron chi connectivity index (χ3n) is 4.55. The first-order valence-corrected chi connectivity index (χ1v) is 9.18. The summed E-state index contributed by atoms with van der Waals surface area (Å²) in [6, 6.07) is 5.66. The molecule has 2 aromatic heterocycles. The van der Waals surface area contributed by atoms with E-state index in [-0.39, 0.29) is 24.7 Å². The number of anilines is 2. The zero-order valence-electron chi connectivity index (χ0n) is 15.4. The van der Waals surface area contributed by atoms with Gasteiger partial charge in [-0.25, -0.2) is 4.98 Å². The Morgan fingerprint density at radius 1 is 1.27 bits per heavy atom. The lowest BCUT2D eigenvalue weighted by Crippen LogP contribution is -2.30. The Balaban J connectivity index is 1.83. The number of hydrogen-bond donors (Lipinski definition) is 3. The Labute approximate surface area is 154 Å². The van der Waals surface area contributed by atoms with Gasteiger partial charge in [-0.3, -0.25) is 4.98 Å². The lowest BCUT2D eigenvalue weighted by molar-refractivity contribution is 0.120. The predicted molar refractivity (Wildman–Crippen MR) is 102 cm³/mol. The van der Waals surface area contributed by atoms with Crippen LogP contribution in [0.2, 0.25) is 0 Å². The standard InChI is InChI=1S/C19H27N5O2/c1-13(2)17(12-25)23-19-22-16(14-5-7-20-8-6-14)10-18(24-19)21-11-15-4-3-9-26-15/h5-8,10,13,15,17,25H,3-4,9,11-12H2,1-2H3,(H2,21,22,23,24)/t15-,17+/m0/s1. The molecule has 3 N–H and O–H groups in total. The molecule has 0 bridgehead atoms. The first-order chi connectivity index (χ1) is 12.7. The van der Waals surface area contributed by atoms with Gasteiger partial charge in [-0.2, -0.15) is 4.98 Å². The summed E-state index contributed by atoms with van der Waals surface area (Å²) in [6.45, 7) is 5.69. The predicted octanol–water partition coefficient (Wildman–Crippen LogP) is 2.56. The first kappa shape index (κ1) is 18.5. The maximum Gasteiger partial charge on any atom is 0.225 e. The number of nitrogens with zero attached hydrogens (tertiary/aromatic N) is 3. The highest BCUT2D eigenvalue weighted by Gasteiger charge is 2.17. The molecule has 0 saturated carbocycles. The lowest BCUT2D eigenvalue weighted by Gasteiger charge is -2.21. The first-order valence-electron chi connectivity index (χ1n) is 9.18. The summed E-state index contributed by atoms with van der Waals surface area (Å²) in [7, 11) is 0. The minimum Gasteiger partial charge on any atom is -0.394 e. The average molecular weight is 357 g/mol.